The first-order chi connectivity index (χ1) is 16.9. The van der Waals surface area contributed by atoms with Crippen molar-refractivity contribution in [1.29, 1.82) is 0 Å². The Kier molecular flexibility index (Phi) is 8.65. The first-order valence-electron chi connectivity index (χ1n) is 11.7. The number of nitrogens with two attached hydrogens (primary N) is 1. The highest BCUT2D eigenvalue weighted by Gasteiger charge is 2.30. The second-order valence-corrected chi connectivity index (χ2v) is 10.9. The van der Waals surface area contributed by atoms with E-state index in [4.69, 9.17) is 15.3 Å². The number of hydrazine groups is 1. The summed E-state index contributed by atoms with van der Waals surface area (Å²) in [5, 5.41) is 0.0665. The van der Waals surface area contributed by atoms with Gasteiger partial charge in [-0.25, -0.2) is 10.3 Å². The van der Waals surface area contributed by atoms with E-state index in [1.165, 1.54) is 38.6 Å². The van der Waals surface area contributed by atoms with Gasteiger partial charge in [0, 0.05) is 6.42 Å². The molecule has 1 heterocycles. The lowest BCUT2D eigenvalue weighted by Gasteiger charge is -2.15. The molecule has 7 heteroatoms. The van der Waals surface area contributed by atoms with E-state index in [1.54, 1.807) is 0 Å². The number of carbonyl (C=O) groups is 1. The van der Waals surface area contributed by atoms with Crippen LogP contribution < -0.4 is 15.3 Å². The van der Waals surface area contributed by atoms with Crippen LogP contribution in [0.1, 0.15) is 40.3 Å². The van der Waals surface area contributed by atoms with Crippen molar-refractivity contribution < 1.29 is 14.3 Å². The molecule has 184 valence electrons. The van der Waals surface area contributed by atoms with Gasteiger partial charge in [0.05, 0.1) is 11.9 Å². The first kappa shape index (κ1) is 25.5. The largest absolute Gasteiger partial charge is 0.494 e. The maximum absolute atomic E-state index is 11.7. The molecule has 1 unspecified atom stereocenters. The number of benzene rings is 3. The van der Waals surface area contributed by atoms with Crippen molar-refractivity contribution in [3.63, 3.8) is 0 Å². The summed E-state index contributed by atoms with van der Waals surface area (Å²) in [6.07, 6.45) is 3.60. The van der Waals surface area contributed by atoms with E-state index in [2.05, 4.69) is 56.5 Å². The van der Waals surface area contributed by atoms with Gasteiger partial charge in [0.1, 0.15) is 18.1 Å². The Labute approximate surface area is 216 Å². The lowest BCUT2D eigenvalue weighted by Crippen LogP contribution is -2.24. The molecular weight excluding hydrogens is 476 g/mol. The number of thioether (sulfide) groups is 1. The molecular formula is C28H32N2O3S2. The van der Waals surface area contributed by atoms with Crippen molar-refractivity contribution in [2.24, 2.45) is 5.84 Å². The third-order valence-corrected chi connectivity index (χ3v) is 7.81. The van der Waals surface area contributed by atoms with Crippen molar-refractivity contribution in [2.45, 2.75) is 38.5 Å². The fourth-order valence-electron chi connectivity index (χ4n) is 4.28. The van der Waals surface area contributed by atoms with Gasteiger partial charge in [0.2, 0.25) is 5.91 Å². The number of nitrogens with zero attached hydrogens (tertiary/aromatic N) is 1. The molecule has 0 aliphatic carbocycles. The van der Waals surface area contributed by atoms with Crippen molar-refractivity contribution in [3.8, 4) is 22.6 Å². The fraction of sp³-hybridized carbons (Fsp3) is 0.321. The third kappa shape index (κ3) is 6.54. The van der Waals surface area contributed by atoms with E-state index >= 15 is 0 Å². The van der Waals surface area contributed by atoms with Gasteiger partial charge >= 0.3 is 0 Å². The van der Waals surface area contributed by atoms with Crippen LogP contribution in [0.25, 0.3) is 11.1 Å². The zero-order valence-electron chi connectivity index (χ0n) is 20.5. The van der Waals surface area contributed by atoms with Crippen LogP contribution in [-0.4, -0.2) is 28.9 Å². The lowest BCUT2D eigenvalue weighted by atomic mass is 9.94. The smallest absolute Gasteiger partial charge is 0.248 e. The minimum atomic E-state index is -0.0426. The standard InChI is InChI=1S/C28H32N2O3S2/c1-19-14-25(32-12-5-13-34-3)15-20(2)28(19)23-7-4-6-21(16-23)18-33-24-10-8-22(9-11-24)26-17-27(31)30(29)35-26/h4,6-11,14-16,26H,5,12-13,17-18,29H2,1-3H3. The number of amides is 1. The molecule has 1 saturated heterocycles. The summed E-state index contributed by atoms with van der Waals surface area (Å²) in [4.78, 5) is 11.7. The SMILES string of the molecule is CSCCCOc1cc(C)c(-c2cccc(COc3ccc(C4CC(=O)N(N)S4)cc3)c2)c(C)c1. The number of rotatable bonds is 10. The first-order valence-corrected chi connectivity index (χ1v) is 14.0. The van der Waals surface area contributed by atoms with Gasteiger partial charge in [-0.1, -0.05) is 30.3 Å². The maximum atomic E-state index is 11.7. The fourth-order valence-corrected chi connectivity index (χ4v) is 5.65. The molecule has 0 saturated carbocycles. The molecule has 1 atom stereocenters. The summed E-state index contributed by atoms with van der Waals surface area (Å²) >= 11 is 3.21. The zero-order valence-corrected chi connectivity index (χ0v) is 22.1. The summed E-state index contributed by atoms with van der Waals surface area (Å²) in [7, 11) is 0. The molecule has 1 fully saturated rings. The molecule has 0 radical (unpaired) electrons. The predicted molar refractivity (Wildman–Crippen MR) is 147 cm³/mol. The number of aryl methyl sites for hydroxylation is 2. The molecule has 1 aliphatic heterocycles. The summed E-state index contributed by atoms with van der Waals surface area (Å²) in [5.74, 6) is 8.48. The van der Waals surface area contributed by atoms with E-state index < -0.39 is 0 Å². The summed E-state index contributed by atoms with van der Waals surface area (Å²) in [6.45, 7) is 5.51. The van der Waals surface area contributed by atoms with Gasteiger partial charge in [0.25, 0.3) is 0 Å². The Hall–Kier alpha value is -2.61. The minimum Gasteiger partial charge on any atom is -0.494 e. The van der Waals surface area contributed by atoms with Crippen molar-refractivity contribution >= 4 is 29.6 Å². The Balaban J connectivity index is 1.40. The minimum absolute atomic E-state index is 0.0426. The summed E-state index contributed by atoms with van der Waals surface area (Å²) in [5.41, 5.74) is 7.02. The highest BCUT2D eigenvalue weighted by molar-refractivity contribution is 7.98. The molecule has 3 aromatic rings. The van der Waals surface area contributed by atoms with Crippen LogP contribution in [0.3, 0.4) is 0 Å². The summed E-state index contributed by atoms with van der Waals surface area (Å²) < 4.78 is 13.2. The number of ether oxygens (including phenoxy) is 2. The zero-order chi connectivity index (χ0) is 24.8. The monoisotopic (exact) mass is 508 g/mol. The second kappa shape index (κ2) is 11.9. The molecule has 3 aromatic carbocycles. The molecule has 2 N–H and O–H groups in total. The van der Waals surface area contributed by atoms with E-state index in [0.717, 1.165) is 41.4 Å². The topological polar surface area (TPSA) is 64.8 Å². The van der Waals surface area contributed by atoms with Crippen LogP contribution in [0.5, 0.6) is 11.5 Å². The van der Waals surface area contributed by atoms with E-state index in [1.807, 2.05) is 36.0 Å². The van der Waals surface area contributed by atoms with E-state index in [9.17, 15) is 4.79 Å². The maximum Gasteiger partial charge on any atom is 0.248 e. The Bertz CT molecular complexity index is 1140. The van der Waals surface area contributed by atoms with Crippen LogP contribution in [0.2, 0.25) is 0 Å². The molecule has 1 aliphatic rings. The van der Waals surface area contributed by atoms with Crippen molar-refractivity contribution in [2.75, 3.05) is 18.6 Å². The number of hydrogen-bond donors (Lipinski definition) is 1. The van der Waals surface area contributed by atoms with E-state index in [0.29, 0.717) is 13.0 Å². The predicted octanol–water partition coefficient (Wildman–Crippen LogP) is 6.48. The molecule has 0 bridgehead atoms. The molecule has 35 heavy (non-hydrogen) atoms. The second-order valence-electron chi connectivity index (χ2n) is 8.70. The average molecular weight is 509 g/mol. The van der Waals surface area contributed by atoms with Crippen molar-refractivity contribution in [3.05, 3.63) is 82.9 Å². The molecule has 4 rings (SSSR count). The Morgan fingerprint density at radius 1 is 1.03 bits per heavy atom. The Morgan fingerprint density at radius 3 is 2.43 bits per heavy atom. The molecule has 5 nitrogen and oxygen atoms in total. The van der Waals surface area contributed by atoms with Gasteiger partial charge in [-0.2, -0.15) is 11.8 Å². The van der Waals surface area contributed by atoms with Crippen molar-refractivity contribution in [1.82, 2.24) is 4.41 Å². The molecule has 0 spiro atoms. The highest BCUT2D eigenvalue weighted by Crippen LogP contribution is 2.40. The van der Waals surface area contributed by atoms with Crippen LogP contribution >= 0.6 is 23.7 Å². The van der Waals surface area contributed by atoms with Crippen LogP contribution in [-0.2, 0) is 11.4 Å². The Morgan fingerprint density at radius 2 is 1.77 bits per heavy atom. The van der Waals surface area contributed by atoms with Gasteiger partial charge in [-0.3, -0.25) is 4.79 Å². The molecule has 1 amide bonds. The highest BCUT2D eigenvalue weighted by atomic mass is 32.2. The van der Waals surface area contributed by atoms with Gasteiger partial charge in [-0.05, 0) is 108 Å². The van der Waals surface area contributed by atoms with Gasteiger partial charge in [0.15, 0.2) is 0 Å². The van der Waals surface area contributed by atoms with Gasteiger partial charge in [-0.15, -0.1) is 0 Å². The van der Waals surface area contributed by atoms with E-state index in [-0.39, 0.29) is 11.2 Å². The molecule has 0 aromatic heterocycles. The van der Waals surface area contributed by atoms with Crippen LogP contribution in [0.15, 0.2) is 60.7 Å². The lowest BCUT2D eigenvalue weighted by molar-refractivity contribution is -0.125. The average Bonchev–Trinajstić information content (AvgIpc) is 3.19. The summed E-state index contributed by atoms with van der Waals surface area (Å²) in [6, 6.07) is 20.7. The number of hydrogen-bond acceptors (Lipinski definition) is 6. The quantitative estimate of drug-likeness (QED) is 0.146. The van der Waals surface area contributed by atoms with Gasteiger partial charge < -0.3 is 9.47 Å². The third-order valence-electron chi connectivity index (χ3n) is 5.99. The van der Waals surface area contributed by atoms with Crippen LogP contribution in [0, 0.1) is 13.8 Å². The van der Waals surface area contributed by atoms with Crippen LogP contribution in [0.4, 0.5) is 0 Å². The number of carbonyl (C=O) groups excluding carboxylic acids is 1. The normalized spacial score (nSPS) is 15.5.